The van der Waals surface area contributed by atoms with E-state index in [1.54, 1.807) is 0 Å². The average molecular weight is 309 g/mol. The van der Waals surface area contributed by atoms with E-state index in [1.165, 1.54) is 6.42 Å². The molecule has 3 atom stereocenters. The van der Waals surface area contributed by atoms with Crippen molar-refractivity contribution < 1.29 is 4.79 Å². The molecule has 3 nitrogen and oxygen atoms in total. The monoisotopic (exact) mass is 308 g/mol. The zero-order chi connectivity index (χ0) is 12.7. The van der Waals surface area contributed by atoms with Crippen molar-refractivity contribution in [1.82, 2.24) is 5.32 Å². The normalized spacial score (nSPS) is 29.6. The quantitative estimate of drug-likeness (QED) is 0.882. The van der Waals surface area contributed by atoms with Gasteiger partial charge in [-0.25, -0.2) is 0 Å². The molecule has 2 aliphatic rings. The minimum absolute atomic E-state index is 0.141. The van der Waals surface area contributed by atoms with Gasteiger partial charge >= 0.3 is 0 Å². The van der Waals surface area contributed by atoms with Crippen molar-refractivity contribution in [2.24, 2.45) is 5.92 Å². The van der Waals surface area contributed by atoms with Gasteiger partial charge in [-0.05, 0) is 43.9 Å². The lowest BCUT2D eigenvalue weighted by Gasteiger charge is -2.20. The maximum atomic E-state index is 12.3. The van der Waals surface area contributed by atoms with Crippen molar-refractivity contribution >= 4 is 27.5 Å². The van der Waals surface area contributed by atoms with Crippen LogP contribution < -0.4 is 10.6 Å². The van der Waals surface area contributed by atoms with Gasteiger partial charge in [0, 0.05) is 22.2 Å². The van der Waals surface area contributed by atoms with Gasteiger partial charge in [-0.3, -0.25) is 4.79 Å². The van der Waals surface area contributed by atoms with Crippen LogP contribution in [0.4, 0.5) is 5.69 Å². The van der Waals surface area contributed by atoms with E-state index >= 15 is 0 Å². The van der Waals surface area contributed by atoms with Gasteiger partial charge in [0.2, 0.25) is 5.91 Å². The van der Waals surface area contributed by atoms with Crippen LogP contribution in [0.5, 0.6) is 0 Å². The van der Waals surface area contributed by atoms with Gasteiger partial charge in [0.25, 0.3) is 0 Å². The predicted molar refractivity (Wildman–Crippen MR) is 75.6 cm³/mol. The highest BCUT2D eigenvalue weighted by Crippen LogP contribution is 2.34. The van der Waals surface area contributed by atoms with Crippen molar-refractivity contribution in [3.05, 3.63) is 28.2 Å². The molecule has 3 unspecified atom stereocenters. The molecule has 2 heterocycles. The summed E-state index contributed by atoms with van der Waals surface area (Å²) in [6, 6.07) is 6.92. The Balaban J connectivity index is 1.72. The molecule has 2 aliphatic heterocycles. The lowest BCUT2D eigenvalue weighted by Crippen LogP contribution is -2.33. The number of carbonyl (C=O) groups excluding carboxylic acids is 1. The number of aryl methyl sites for hydroxylation is 1. The minimum atomic E-state index is 0.141. The predicted octanol–water partition coefficient (Wildman–Crippen LogP) is 2.84. The van der Waals surface area contributed by atoms with Gasteiger partial charge in [0.05, 0.1) is 5.92 Å². The van der Waals surface area contributed by atoms with Crippen LogP contribution in [0, 0.1) is 12.8 Å². The van der Waals surface area contributed by atoms with E-state index in [4.69, 9.17) is 0 Å². The van der Waals surface area contributed by atoms with Gasteiger partial charge in [-0.1, -0.05) is 22.0 Å². The highest BCUT2D eigenvalue weighted by Gasteiger charge is 2.42. The second-order valence-corrected chi connectivity index (χ2v) is 6.25. The largest absolute Gasteiger partial charge is 0.326 e. The second-order valence-electron chi connectivity index (χ2n) is 5.34. The Morgan fingerprint density at radius 2 is 2.28 bits per heavy atom. The van der Waals surface area contributed by atoms with Gasteiger partial charge in [-0.2, -0.15) is 0 Å². The fourth-order valence-electron chi connectivity index (χ4n) is 3.07. The minimum Gasteiger partial charge on any atom is -0.326 e. The van der Waals surface area contributed by atoms with Crippen LogP contribution in [0.15, 0.2) is 22.7 Å². The first-order valence-electron chi connectivity index (χ1n) is 6.46. The van der Waals surface area contributed by atoms with Gasteiger partial charge in [0.1, 0.15) is 0 Å². The van der Waals surface area contributed by atoms with Crippen LogP contribution in [-0.2, 0) is 4.79 Å². The van der Waals surface area contributed by atoms with Crippen molar-refractivity contribution in [3.63, 3.8) is 0 Å². The number of hydrogen-bond acceptors (Lipinski definition) is 2. The Bertz CT molecular complexity index is 489. The van der Waals surface area contributed by atoms with E-state index in [2.05, 4.69) is 26.6 Å². The summed E-state index contributed by atoms with van der Waals surface area (Å²) in [7, 11) is 0. The Morgan fingerprint density at radius 3 is 2.94 bits per heavy atom. The number of rotatable bonds is 2. The highest BCUT2D eigenvalue weighted by molar-refractivity contribution is 9.10. The van der Waals surface area contributed by atoms with Gasteiger partial charge in [-0.15, -0.1) is 0 Å². The first-order valence-corrected chi connectivity index (χ1v) is 7.26. The molecule has 4 heteroatoms. The second kappa shape index (κ2) is 4.67. The molecular formula is C14H17BrN2O. The van der Waals surface area contributed by atoms with Crippen LogP contribution in [-0.4, -0.2) is 18.0 Å². The molecule has 0 spiro atoms. The molecule has 2 fully saturated rings. The zero-order valence-corrected chi connectivity index (χ0v) is 12.0. The van der Waals surface area contributed by atoms with Crippen LogP contribution in [0.3, 0.4) is 0 Å². The number of amides is 1. The first-order chi connectivity index (χ1) is 8.63. The number of halogens is 1. The highest BCUT2D eigenvalue weighted by atomic mass is 79.9. The molecule has 1 amide bonds. The molecule has 1 aromatic carbocycles. The van der Waals surface area contributed by atoms with E-state index in [1.807, 2.05) is 25.1 Å². The van der Waals surface area contributed by atoms with Crippen LogP contribution in [0.1, 0.15) is 24.8 Å². The van der Waals surface area contributed by atoms with Crippen molar-refractivity contribution in [1.29, 1.82) is 0 Å². The Labute approximate surface area is 115 Å². The van der Waals surface area contributed by atoms with Crippen molar-refractivity contribution in [2.75, 3.05) is 5.32 Å². The molecule has 0 radical (unpaired) electrons. The molecule has 0 aliphatic carbocycles. The summed E-state index contributed by atoms with van der Waals surface area (Å²) in [6.45, 7) is 2.01. The molecule has 0 saturated carbocycles. The third-order valence-corrected chi connectivity index (χ3v) is 4.59. The fourth-order valence-corrected chi connectivity index (χ4v) is 3.43. The number of fused-ring (bicyclic) bond motifs is 2. The topological polar surface area (TPSA) is 41.1 Å². The molecule has 2 saturated heterocycles. The molecule has 2 N–H and O–H groups in total. The third-order valence-electron chi connectivity index (χ3n) is 4.09. The number of benzene rings is 1. The van der Waals surface area contributed by atoms with E-state index in [-0.39, 0.29) is 11.8 Å². The standard InChI is InChI=1S/C14H17BrN2O/c1-8-2-3-9(15)6-13(8)17-14(18)11-7-10-4-5-12(11)16-10/h2-3,6,10-12,16H,4-5,7H2,1H3,(H,17,18). The SMILES string of the molecule is Cc1ccc(Br)cc1NC(=O)C1CC2CCC1N2. The smallest absolute Gasteiger partial charge is 0.229 e. The van der Waals surface area contributed by atoms with Crippen LogP contribution in [0.2, 0.25) is 0 Å². The van der Waals surface area contributed by atoms with E-state index in [9.17, 15) is 4.79 Å². The molecule has 18 heavy (non-hydrogen) atoms. The Hall–Kier alpha value is -0.870. The molecule has 1 aromatic rings. The van der Waals surface area contributed by atoms with Crippen LogP contribution in [0.25, 0.3) is 0 Å². The summed E-state index contributed by atoms with van der Waals surface area (Å²) in [6.07, 6.45) is 3.36. The van der Waals surface area contributed by atoms with Crippen molar-refractivity contribution in [3.8, 4) is 0 Å². The molecule has 2 bridgehead atoms. The number of hydrogen-bond donors (Lipinski definition) is 2. The molecule has 3 rings (SSSR count). The Morgan fingerprint density at radius 1 is 1.44 bits per heavy atom. The fraction of sp³-hybridized carbons (Fsp3) is 0.500. The summed E-state index contributed by atoms with van der Waals surface area (Å²) < 4.78 is 0.995. The van der Waals surface area contributed by atoms with E-state index in [0.717, 1.165) is 28.6 Å². The Kier molecular flexibility index (Phi) is 3.16. The average Bonchev–Trinajstić information content (AvgIpc) is 2.96. The lowest BCUT2D eigenvalue weighted by molar-refractivity contribution is -0.120. The van der Waals surface area contributed by atoms with E-state index in [0.29, 0.717) is 12.1 Å². The van der Waals surface area contributed by atoms with Crippen LogP contribution >= 0.6 is 15.9 Å². The summed E-state index contributed by atoms with van der Waals surface area (Å²) in [5.74, 6) is 0.304. The van der Waals surface area contributed by atoms with E-state index < -0.39 is 0 Å². The molecular weight excluding hydrogens is 292 g/mol. The first kappa shape index (κ1) is 12.2. The van der Waals surface area contributed by atoms with Crippen molar-refractivity contribution in [2.45, 2.75) is 38.3 Å². The maximum Gasteiger partial charge on any atom is 0.229 e. The van der Waals surface area contributed by atoms with Gasteiger partial charge < -0.3 is 10.6 Å². The zero-order valence-electron chi connectivity index (χ0n) is 10.4. The maximum absolute atomic E-state index is 12.3. The third kappa shape index (κ3) is 2.19. The lowest BCUT2D eigenvalue weighted by atomic mass is 9.88. The number of carbonyl (C=O) groups is 1. The summed E-state index contributed by atoms with van der Waals surface area (Å²) in [4.78, 5) is 12.3. The summed E-state index contributed by atoms with van der Waals surface area (Å²) >= 11 is 3.44. The summed E-state index contributed by atoms with van der Waals surface area (Å²) in [5, 5.41) is 6.57. The number of anilines is 1. The summed E-state index contributed by atoms with van der Waals surface area (Å²) in [5.41, 5.74) is 2.01. The molecule has 0 aromatic heterocycles. The molecule has 96 valence electrons. The van der Waals surface area contributed by atoms with Gasteiger partial charge in [0.15, 0.2) is 0 Å². The number of nitrogens with one attached hydrogen (secondary N) is 2.